The third-order valence-electron chi connectivity index (χ3n) is 3.35. The topological polar surface area (TPSA) is 21.3 Å². The van der Waals surface area contributed by atoms with Gasteiger partial charge in [-0.1, -0.05) is 13.0 Å². The Morgan fingerprint density at radius 2 is 2.11 bits per heavy atom. The lowest BCUT2D eigenvalue weighted by molar-refractivity contribution is 0.0768. The van der Waals surface area contributed by atoms with Crippen molar-refractivity contribution in [3.63, 3.8) is 0 Å². The van der Waals surface area contributed by atoms with Crippen molar-refractivity contribution in [3.8, 4) is 0 Å². The number of halogens is 3. The molecule has 1 aromatic rings. The SMILES string of the molecule is CCCNC(c1ccc(F)c(F)c1F)C1CCCO1. The summed E-state index contributed by atoms with van der Waals surface area (Å²) >= 11 is 0. The van der Waals surface area contributed by atoms with E-state index in [2.05, 4.69) is 5.32 Å². The van der Waals surface area contributed by atoms with Crippen LogP contribution in [0.1, 0.15) is 37.8 Å². The van der Waals surface area contributed by atoms with Gasteiger partial charge in [-0.05, 0) is 31.9 Å². The lowest BCUT2D eigenvalue weighted by Gasteiger charge is -2.25. The normalized spacial score (nSPS) is 20.7. The van der Waals surface area contributed by atoms with Gasteiger partial charge in [0.15, 0.2) is 17.5 Å². The third-order valence-corrected chi connectivity index (χ3v) is 3.35. The van der Waals surface area contributed by atoms with Crippen LogP contribution in [0, 0.1) is 17.5 Å². The monoisotopic (exact) mass is 273 g/mol. The fraction of sp³-hybridized carbons (Fsp3) is 0.571. The van der Waals surface area contributed by atoms with E-state index in [4.69, 9.17) is 4.74 Å². The van der Waals surface area contributed by atoms with Crippen molar-refractivity contribution in [1.29, 1.82) is 0 Å². The maximum absolute atomic E-state index is 13.9. The molecular weight excluding hydrogens is 255 g/mol. The minimum Gasteiger partial charge on any atom is -0.376 e. The molecule has 1 heterocycles. The summed E-state index contributed by atoms with van der Waals surface area (Å²) in [7, 11) is 0. The molecule has 0 bridgehead atoms. The summed E-state index contributed by atoms with van der Waals surface area (Å²) in [5.41, 5.74) is 0.138. The Morgan fingerprint density at radius 1 is 1.32 bits per heavy atom. The first kappa shape index (κ1) is 14.3. The molecule has 1 saturated heterocycles. The van der Waals surface area contributed by atoms with E-state index in [1.807, 2.05) is 6.92 Å². The number of hydrogen-bond donors (Lipinski definition) is 1. The fourth-order valence-corrected chi connectivity index (χ4v) is 2.39. The van der Waals surface area contributed by atoms with E-state index in [1.54, 1.807) is 0 Å². The van der Waals surface area contributed by atoms with Crippen LogP contribution in [0.4, 0.5) is 13.2 Å². The summed E-state index contributed by atoms with van der Waals surface area (Å²) in [4.78, 5) is 0. The van der Waals surface area contributed by atoms with Gasteiger partial charge in [-0.3, -0.25) is 0 Å². The van der Waals surface area contributed by atoms with Crippen LogP contribution in [0.3, 0.4) is 0 Å². The van der Waals surface area contributed by atoms with Gasteiger partial charge in [0.05, 0.1) is 12.1 Å². The van der Waals surface area contributed by atoms with E-state index < -0.39 is 23.5 Å². The lowest BCUT2D eigenvalue weighted by atomic mass is 9.98. The van der Waals surface area contributed by atoms with Crippen LogP contribution in [0.2, 0.25) is 0 Å². The summed E-state index contributed by atoms with van der Waals surface area (Å²) in [5, 5.41) is 3.16. The van der Waals surface area contributed by atoms with Crippen LogP contribution < -0.4 is 5.32 Å². The van der Waals surface area contributed by atoms with Crippen molar-refractivity contribution in [1.82, 2.24) is 5.32 Å². The van der Waals surface area contributed by atoms with Crippen molar-refractivity contribution in [3.05, 3.63) is 35.1 Å². The lowest BCUT2D eigenvalue weighted by Crippen LogP contribution is -2.33. The van der Waals surface area contributed by atoms with Crippen LogP contribution in [-0.2, 0) is 4.74 Å². The molecule has 1 aliphatic rings. The minimum atomic E-state index is -1.42. The number of rotatable bonds is 5. The molecule has 1 fully saturated rings. The maximum atomic E-state index is 13.9. The van der Waals surface area contributed by atoms with Crippen molar-refractivity contribution in [2.45, 2.75) is 38.3 Å². The highest BCUT2D eigenvalue weighted by molar-refractivity contribution is 5.25. The van der Waals surface area contributed by atoms with Crippen LogP contribution in [0.25, 0.3) is 0 Å². The molecule has 0 aromatic heterocycles. The van der Waals surface area contributed by atoms with Crippen molar-refractivity contribution < 1.29 is 17.9 Å². The Morgan fingerprint density at radius 3 is 2.74 bits per heavy atom. The average Bonchev–Trinajstić information content (AvgIpc) is 2.92. The van der Waals surface area contributed by atoms with Gasteiger partial charge >= 0.3 is 0 Å². The van der Waals surface area contributed by atoms with Crippen molar-refractivity contribution in [2.24, 2.45) is 0 Å². The molecule has 1 N–H and O–H groups in total. The molecule has 106 valence electrons. The molecule has 0 spiro atoms. The number of ether oxygens (including phenoxy) is 1. The Hall–Kier alpha value is -1.07. The minimum absolute atomic E-state index is 0.138. The van der Waals surface area contributed by atoms with Crippen molar-refractivity contribution >= 4 is 0 Å². The van der Waals surface area contributed by atoms with E-state index >= 15 is 0 Å². The molecule has 2 nitrogen and oxygen atoms in total. The Balaban J connectivity index is 2.28. The van der Waals surface area contributed by atoms with Crippen LogP contribution in [0.5, 0.6) is 0 Å². The second kappa shape index (κ2) is 6.39. The predicted molar refractivity (Wildman–Crippen MR) is 66.3 cm³/mol. The van der Waals surface area contributed by atoms with Gasteiger partial charge < -0.3 is 10.1 Å². The summed E-state index contributed by atoms with van der Waals surface area (Å²) in [6.07, 6.45) is 2.38. The highest BCUT2D eigenvalue weighted by Crippen LogP contribution is 2.30. The summed E-state index contributed by atoms with van der Waals surface area (Å²) < 4.78 is 45.8. The second-order valence-electron chi connectivity index (χ2n) is 4.75. The zero-order valence-electron chi connectivity index (χ0n) is 10.9. The van der Waals surface area contributed by atoms with Crippen LogP contribution >= 0.6 is 0 Å². The summed E-state index contributed by atoms with van der Waals surface area (Å²) in [6, 6.07) is 1.82. The Labute approximate surface area is 111 Å². The second-order valence-corrected chi connectivity index (χ2v) is 4.75. The van der Waals surface area contributed by atoms with Crippen molar-refractivity contribution in [2.75, 3.05) is 13.2 Å². The quantitative estimate of drug-likeness (QED) is 0.831. The first-order valence-corrected chi connectivity index (χ1v) is 6.63. The van der Waals surface area contributed by atoms with Gasteiger partial charge in [0.1, 0.15) is 0 Å². The van der Waals surface area contributed by atoms with Gasteiger partial charge in [-0.25, -0.2) is 13.2 Å². The number of nitrogens with one attached hydrogen (secondary N) is 1. The summed E-state index contributed by atoms with van der Waals surface area (Å²) in [6.45, 7) is 3.28. The zero-order chi connectivity index (χ0) is 13.8. The van der Waals surface area contributed by atoms with Gasteiger partial charge in [-0.2, -0.15) is 0 Å². The highest BCUT2D eigenvalue weighted by Gasteiger charge is 2.30. The van der Waals surface area contributed by atoms with E-state index in [0.717, 1.165) is 25.3 Å². The average molecular weight is 273 g/mol. The molecule has 1 aliphatic heterocycles. The molecule has 0 amide bonds. The van der Waals surface area contributed by atoms with Gasteiger partial charge in [0, 0.05) is 12.2 Å². The molecule has 0 radical (unpaired) electrons. The molecule has 0 aliphatic carbocycles. The van der Waals surface area contributed by atoms with Crippen LogP contribution in [0.15, 0.2) is 12.1 Å². The van der Waals surface area contributed by atoms with E-state index in [-0.39, 0.29) is 11.7 Å². The first-order valence-electron chi connectivity index (χ1n) is 6.63. The molecule has 2 atom stereocenters. The van der Waals surface area contributed by atoms with Gasteiger partial charge in [-0.15, -0.1) is 0 Å². The molecule has 19 heavy (non-hydrogen) atoms. The number of hydrogen-bond acceptors (Lipinski definition) is 2. The molecule has 1 aromatic carbocycles. The fourth-order valence-electron chi connectivity index (χ4n) is 2.39. The summed E-state index contributed by atoms with van der Waals surface area (Å²) in [5.74, 6) is -3.70. The van der Waals surface area contributed by atoms with E-state index in [1.165, 1.54) is 6.07 Å². The first-order chi connectivity index (χ1) is 9.15. The highest BCUT2D eigenvalue weighted by atomic mass is 19.2. The Kier molecular flexibility index (Phi) is 4.82. The molecule has 2 rings (SSSR count). The molecule has 2 unspecified atom stereocenters. The standard InChI is InChI=1S/C14H18F3NO/c1-2-7-18-14(11-4-3-8-19-11)9-5-6-10(15)13(17)12(9)16/h5-6,11,14,18H,2-4,7-8H2,1H3. The van der Waals surface area contributed by atoms with E-state index in [9.17, 15) is 13.2 Å². The van der Waals surface area contributed by atoms with Crippen LogP contribution in [-0.4, -0.2) is 19.3 Å². The predicted octanol–water partition coefficient (Wildman–Crippen LogP) is 3.32. The van der Waals surface area contributed by atoms with Gasteiger partial charge in [0.25, 0.3) is 0 Å². The largest absolute Gasteiger partial charge is 0.376 e. The van der Waals surface area contributed by atoms with E-state index in [0.29, 0.717) is 13.2 Å². The molecular formula is C14H18F3NO. The smallest absolute Gasteiger partial charge is 0.194 e. The number of benzene rings is 1. The molecule has 5 heteroatoms. The van der Waals surface area contributed by atoms with Gasteiger partial charge in [0.2, 0.25) is 0 Å². The Bertz CT molecular complexity index is 433. The zero-order valence-corrected chi connectivity index (χ0v) is 10.9. The molecule has 0 saturated carbocycles. The third kappa shape index (κ3) is 3.09. The maximum Gasteiger partial charge on any atom is 0.194 e.